The molecular weight excluding hydrogens is 396 g/mol. The molecule has 0 N–H and O–H groups in total. The first-order chi connectivity index (χ1) is 13.5. The van der Waals surface area contributed by atoms with Crippen molar-refractivity contribution in [2.45, 2.75) is 31.7 Å². The Bertz CT molecular complexity index is 1100. The number of aromatic nitrogens is 2. The molecule has 0 saturated carbocycles. The number of hydrogen-bond acceptors (Lipinski definition) is 7. The topological polar surface area (TPSA) is 89.2 Å². The number of thioether (sulfide) groups is 1. The van der Waals surface area contributed by atoms with Crippen LogP contribution in [0, 0.1) is 24.0 Å². The fourth-order valence-electron chi connectivity index (χ4n) is 3.42. The van der Waals surface area contributed by atoms with Gasteiger partial charge in [0.1, 0.15) is 16.2 Å². The number of carbonyl (C=O) groups is 1. The summed E-state index contributed by atoms with van der Waals surface area (Å²) in [4.78, 5) is 36.1. The molecule has 0 radical (unpaired) electrons. The van der Waals surface area contributed by atoms with Crippen LogP contribution in [0.3, 0.4) is 0 Å². The van der Waals surface area contributed by atoms with E-state index in [9.17, 15) is 14.9 Å². The number of nitro groups is 1. The molecule has 7 nitrogen and oxygen atoms in total. The summed E-state index contributed by atoms with van der Waals surface area (Å²) < 4.78 is 0. The predicted molar refractivity (Wildman–Crippen MR) is 111 cm³/mol. The zero-order valence-corrected chi connectivity index (χ0v) is 17.1. The molecule has 0 fully saturated rings. The normalized spacial score (nSPS) is 13.6. The Kier molecular flexibility index (Phi) is 5.03. The Morgan fingerprint density at radius 2 is 2.18 bits per heavy atom. The van der Waals surface area contributed by atoms with Crippen molar-refractivity contribution in [2.24, 2.45) is 0 Å². The second kappa shape index (κ2) is 7.48. The number of nitrogens with zero attached hydrogens (tertiary/aromatic N) is 4. The van der Waals surface area contributed by atoms with Crippen LogP contribution < -0.4 is 4.90 Å². The Labute approximate surface area is 169 Å². The molecule has 3 aromatic rings. The molecule has 0 aliphatic carbocycles. The summed E-state index contributed by atoms with van der Waals surface area (Å²) in [6.07, 6.45) is 3.08. The molecule has 3 heterocycles. The smallest absolute Gasteiger partial charge is 0.269 e. The van der Waals surface area contributed by atoms with Crippen LogP contribution in [0.1, 0.15) is 22.4 Å². The summed E-state index contributed by atoms with van der Waals surface area (Å²) in [7, 11) is 0. The number of nitro benzene ring substituents is 1. The minimum atomic E-state index is -0.400. The summed E-state index contributed by atoms with van der Waals surface area (Å²) in [5.74, 6) is 0.243. The van der Waals surface area contributed by atoms with Gasteiger partial charge >= 0.3 is 0 Å². The predicted octanol–water partition coefficient (Wildman–Crippen LogP) is 4.29. The molecule has 0 spiro atoms. The highest BCUT2D eigenvalue weighted by Gasteiger charge is 2.25. The molecule has 9 heteroatoms. The van der Waals surface area contributed by atoms with Gasteiger partial charge in [0.05, 0.1) is 10.7 Å². The number of hydrogen-bond donors (Lipinski definition) is 0. The molecule has 0 unspecified atom stereocenters. The van der Waals surface area contributed by atoms with Gasteiger partial charge in [-0.05, 0) is 43.9 Å². The highest BCUT2D eigenvalue weighted by Crippen LogP contribution is 2.35. The van der Waals surface area contributed by atoms with E-state index in [2.05, 4.69) is 23.8 Å². The van der Waals surface area contributed by atoms with E-state index in [0.29, 0.717) is 6.54 Å². The van der Waals surface area contributed by atoms with E-state index in [-0.39, 0.29) is 17.3 Å². The maximum Gasteiger partial charge on any atom is 0.269 e. The lowest BCUT2D eigenvalue weighted by Gasteiger charge is -2.29. The van der Waals surface area contributed by atoms with Crippen molar-refractivity contribution in [1.82, 2.24) is 9.97 Å². The van der Waals surface area contributed by atoms with Crippen molar-refractivity contribution in [1.29, 1.82) is 0 Å². The first-order valence-electron chi connectivity index (χ1n) is 8.87. The first kappa shape index (κ1) is 18.8. The SMILES string of the molecule is Cc1sc2ncnc(SCC(=O)N3CCCc4cc([N+](=O)[O-])ccc43)c2c1C. The molecule has 1 aliphatic rings. The van der Waals surface area contributed by atoms with Crippen molar-refractivity contribution in [3.8, 4) is 0 Å². The number of fused-ring (bicyclic) bond motifs is 2. The van der Waals surface area contributed by atoms with E-state index in [1.807, 2.05) is 0 Å². The van der Waals surface area contributed by atoms with E-state index >= 15 is 0 Å². The van der Waals surface area contributed by atoms with Gasteiger partial charge < -0.3 is 4.90 Å². The maximum absolute atomic E-state index is 12.9. The highest BCUT2D eigenvalue weighted by atomic mass is 32.2. The number of rotatable bonds is 4. The lowest BCUT2D eigenvalue weighted by atomic mass is 10.0. The van der Waals surface area contributed by atoms with Crippen LogP contribution in [0.15, 0.2) is 29.6 Å². The molecule has 144 valence electrons. The van der Waals surface area contributed by atoms with Crippen molar-refractivity contribution >= 4 is 50.6 Å². The molecule has 1 aromatic carbocycles. The van der Waals surface area contributed by atoms with Crippen molar-refractivity contribution < 1.29 is 9.72 Å². The quantitative estimate of drug-likeness (QED) is 0.274. The van der Waals surface area contributed by atoms with Crippen molar-refractivity contribution in [3.05, 3.63) is 50.6 Å². The molecule has 0 saturated heterocycles. The summed E-state index contributed by atoms with van der Waals surface area (Å²) in [6, 6.07) is 4.72. The average Bonchev–Trinajstić information content (AvgIpc) is 2.99. The lowest BCUT2D eigenvalue weighted by molar-refractivity contribution is -0.384. The molecule has 0 bridgehead atoms. The zero-order chi connectivity index (χ0) is 19.8. The van der Waals surface area contributed by atoms with E-state index in [4.69, 9.17) is 0 Å². The zero-order valence-electron chi connectivity index (χ0n) is 15.5. The third-order valence-electron chi connectivity index (χ3n) is 4.96. The van der Waals surface area contributed by atoms with Gasteiger partial charge in [0.2, 0.25) is 5.91 Å². The van der Waals surface area contributed by atoms with Crippen LogP contribution in [0.25, 0.3) is 10.2 Å². The molecular formula is C19H18N4O3S2. The minimum absolute atomic E-state index is 0.0174. The van der Waals surface area contributed by atoms with Crippen LogP contribution >= 0.6 is 23.1 Å². The molecule has 2 aromatic heterocycles. The lowest BCUT2D eigenvalue weighted by Crippen LogP contribution is -2.36. The van der Waals surface area contributed by atoms with Crippen LogP contribution in [-0.2, 0) is 11.2 Å². The van der Waals surface area contributed by atoms with Crippen LogP contribution in [0.2, 0.25) is 0 Å². The fraction of sp³-hybridized carbons (Fsp3) is 0.316. The second-order valence-electron chi connectivity index (χ2n) is 6.65. The van der Waals surface area contributed by atoms with Gasteiger partial charge in [0.15, 0.2) is 0 Å². The summed E-state index contributed by atoms with van der Waals surface area (Å²) in [5.41, 5.74) is 2.85. The van der Waals surface area contributed by atoms with Crippen LogP contribution in [0.5, 0.6) is 0 Å². The van der Waals surface area contributed by atoms with E-state index < -0.39 is 4.92 Å². The van der Waals surface area contributed by atoms with Crippen molar-refractivity contribution in [2.75, 3.05) is 17.2 Å². The number of non-ortho nitro benzene ring substituents is 1. The molecule has 1 amide bonds. The Hall–Kier alpha value is -2.52. The van der Waals surface area contributed by atoms with Gasteiger partial charge in [0.25, 0.3) is 5.69 Å². The Balaban J connectivity index is 1.55. The average molecular weight is 415 g/mol. The monoisotopic (exact) mass is 414 g/mol. The Morgan fingerprint density at radius 3 is 2.96 bits per heavy atom. The van der Waals surface area contributed by atoms with Gasteiger partial charge in [-0.2, -0.15) is 0 Å². The highest BCUT2D eigenvalue weighted by molar-refractivity contribution is 8.00. The van der Waals surface area contributed by atoms with Crippen LogP contribution in [-0.4, -0.2) is 33.1 Å². The largest absolute Gasteiger partial charge is 0.311 e. The number of carbonyl (C=O) groups excluding carboxylic acids is 1. The minimum Gasteiger partial charge on any atom is -0.311 e. The third-order valence-corrected chi connectivity index (χ3v) is 7.05. The van der Waals surface area contributed by atoms with Crippen molar-refractivity contribution in [3.63, 3.8) is 0 Å². The van der Waals surface area contributed by atoms with Gasteiger partial charge in [-0.25, -0.2) is 9.97 Å². The van der Waals surface area contributed by atoms with Gasteiger partial charge in [-0.15, -0.1) is 11.3 Å². The molecule has 4 rings (SSSR count). The van der Waals surface area contributed by atoms with Gasteiger partial charge in [-0.3, -0.25) is 14.9 Å². The number of benzene rings is 1. The summed E-state index contributed by atoms with van der Waals surface area (Å²) in [6.45, 7) is 4.74. The Morgan fingerprint density at radius 1 is 1.36 bits per heavy atom. The number of amides is 1. The standard InChI is InChI=1S/C19H18N4O3S2/c1-11-12(2)28-19-17(11)18(20-10-21-19)27-9-16(24)22-7-3-4-13-8-14(23(25)26)5-6-15(13)22/h5-6,8,10H,3-4,7,9H2,1-2H3. The third kappa shape index (κ3) is 3.35. The molecule has 0 atom stereocenters. The van der Waals surface area contributed by atoms with Crippen LogP contribution in [0.4, 0.5) is 11.4 Å². The molecule has 28 heavy (non-hydrogen) atoms. The number of anilines is 1. The molecule has 1 aliphatic heterocycles. The second-order valence-corrected chi connectivity index (χ2v) is 8.82. The fourth-order valence-corrected chi connectivity index (χ4v) is 5.42. The maximum atomic E-state index is 12.9. The van der Waals surface area contributed by atoms with E-state index in [0.717, 1.165) is 44.9 Å². The van der Waals surface area contributed by atoms with E-state index in [1.54, 1.807) is 34.7 Å². The summed E-state index contributed by atoms with van der Waals surface area (Å²) >= 11 is 3.05. The van der Waals surface area contributed by atoms with Gasteiger partial charge in [0, 0.05) is 34.6 Å². The van der Waals surface area contributed by atoms with Gasteiger partial charge in [-0.1, -0.05) is 11.8 Å². The number of aryl methyl sites for hydroxylation is 3. The first-order valence-corrected chi connectivity index (χ1v) is 10.7. The summed E-state index contributed by atoms with van der Waals surface area (Å²) in [5, 5.41) is 12.9. The number of thiophene rings is 1. The van der Waals surface area contributed by atoms with E-state index in [1.165, 1.54) is 22.7 Å².